The Morgan fingerprint density at radius 1 is 1.19 bits per heavy atom. The lowest BCUT2D eigenvalue weighted by Crippen LogP contribution is -2.16. The minimum absolute atomic E-state index is 0.0220. The van der Waals surface area contributed by atoms with Gasteiger partial charge in [0.15, 0.2) is 17.3 Å². The second-order valence-electron chi connectivity index (χ2n) is 6.06. The fourth-order valence-corrected chi connectivity index (χ4v) is 2.50. The topological polar surface area (TPSA) is 64.4 Å². The summed E-state index contributed by atoms with van der Waals surface area (Å²) in [5.41, 5.74) is 3.28. The lowest BCUT2D eigenvalue weighted by molar-refractivity contribution is 0.101. The minimum Gasteiger partial charge on any atom is -0.486 e. The highest BCUT2D eigenvalue weighted by Crippen LogP contribution is 2.22. The van der Waals surface area contributed by atoms with Crippen molar-refractivity contribution < 1.29 is 18.4 Å². The number of rotatable bonds is 5. The summed E-state index contributed by atoms with van der Waals surface area (Å²) in [5.74, 6) is -0.313. The van der Waals surface area contributed by atoms with E-state index in [0.29, 0.717) is 17.0 Å². The van der Waals surface area contributed by atoms with Gasteiger partial charge in [0.1, 0.15) is 12.4 Å². The van der Waals surface area contributed by atoms with Crippen molar-refractivity contribution in [2.75, 3.05) is 5.32 Å². The molecule has 0 aliphatic heterocycles. The molecule has 0 radical (unpaired) electrons. The van der Waals surface area contributed by atoms with Crippen molar-refractivity contribution in [3.63, 3.8) is 0 Å². The first kappa shape index (κ1) is 17.7. The summed E-state index contributed by atoms with van der Waals surface area (Å²) in [4.78, 5) is 12.6. The number of benzene rings is 2. The van der Waals surface area contributed by atoms with Gasteiger partial charge in [-0.3, -0.25) is 4.79 Å². The third-order valence-electron chi connectivity index (χ3n) is 4.05. The first-order valence-electron chi connectivity index (χ1n) is 8.17. The minimum atomic E-state index is -0.469. The molecule has 2 aromatic carbocycles. The number of aromatic nitrogens is 1. The van der Waals surface area contributed by atoms with Crippen molar-refractivity contribution in [1.29, 1.82) is 0 Å². The van der Waals surface area contributed by atoms with E-state index < -0.39 is 11.7 Å². The number of hydrogen-bond acceptors (Lipinski definition) is 4. The fraction of sp³-hybridized carbons (Fsp3) is 0.200. The smallest absolute Gasteiger partial charge is 0.278 e. The van der Waals surface area contributed by atoms with Crippen LogP contribution in [0.5, 0.6) is 5.75 Å². The Morgan fingerprint density at radius 2 is 1.96 bits per heavy atom. The normalized spacial score (nSPS) is 10.6. The van der Waals surface area contributed by atoms with Gasteiger partial charge in [-0.1, -0.05) is 29.4 Å². The standard InChI is InChI=1S/C20H19FN2O3/c1-12-8-9-13(2)17(10-12)22-20(24)19-15(14(3)26-23-19)11-25-18-7-5-4-6-16(18)21/h4-10H,11H2,1-3H3,(H,22,24). The maximum atomic E-state index is 13.7. The Kier molecular flexibility index (Phi) is 5.02. The van der Waals surface area contributed by atoms with Gasteiger partial charge in [-0.05, 0) is 50.1 Å². The van der Waals surface area contributed by atoms with Crippen LogP contribution in [-0.4, -0.2) is 11.1 Å². The van der Waals surface area contributed by atoms with Crippen LogP contribution in [0.15, 0.2) is 47.0 Å². The van der Waals surface area contributed by atoms with Crippen LogP contribution in [0.1, 0.15) is 32.9 Å². The molecule has 3 aromatic rings. The second-order valence-corrected chi connectivity index (χ2v) is 6.06. The molecule has 0 saturated heterocycles. The maximum absolute atomic E-state index is 13.7. The van der Waals surface area contributed by atoms with Crippen molar-refractivity contribution in [3.8, 4) is 5.75 Å². The van der Waals surface area contributed by atoms with Crippen LogP contribution in [-0.2, 0) is 6.61 Å². The van der Waals surface area contributed by atoms with Crippen molar-refractivity contribution >= 4 is 11.6 Å². The lowest BCUT2D eigenvalue weighted by atomic mass is 10.1. The number of aryl methyl sites for hydroxylation is 3. The van der Waals surface area contributed by atoms with E-state index in [1.54, 1.807) is 19.1 Å². The maximum Gasteiger partial charge on any atom is 0.278 e. The van der Waals surface area contributed by atoms with E-state index in [1.165, 1.54) is 12.1 Å². The molecule has 134 valence electrons. The highest BCUT2D eigenvalue weighted by atomic mass is 19.1. The SMILES string of the molecule is Cc1ccc(C)c(NC(=O)c2noc(C)c2COc2ccccc2F)c1. The molecule has 1 aromatic heterocycles. The molecule has 0 spiro atoms. The highest BCUT2D eigenvalue weighted by Gasteiger charge is 2.21. The fourth-order valence-electron chi connectivity index (χ4n) is 2.50. The summed E-state index contributed by atoms with van der Waals surface area (Å²) in [6.45, 7) is 5.52. The van der Waals surface area contributed by atoms with Gasteiger partial charge in [-0.15, -0.1) is 0 Å². The van der Waals surface area contributed by atoms with Crippen molar-refractivity contribution in [1.82, 2.24) is 5.16 Å². The van der Waals surface area contributed by atoms with E-state index in [2.05, 4.69) is 10.5 Å². The van der Waals surface area contributed by atoms with Crippen molar-refractivity contribution in [2.24, 2.45) is 0 Å². The number of amides is 1. The Balaban J connectivity index is 1.79. The summed E-state index contributed by atoms with van der Waals surface area (Å²) in [5, 5.41) is 6.68. The number of carbonyl (C=O) groups excluding carboxylic acids is 1. The molecule has 0 atom stereocenters. The van der Waals surface area contributed by atoms with Gasteiger partial charge in [0.25, 0.3) is 5.91 Å². The number of carbonyl (C=O) groups is 1. The zero-order chi connectivity index (χ0) is 18.7. The first-order chi connectivity index (χ1) is 12.5. The van der Waals surface area contributed by atoms with Crippen molar-refractivity contribution in [3.05, 3.63) is 76.4 Å². The van der Waals surface area contributed by atoms with E-state index in [1.807, 2.05) is 32.0 Å². The molecule has 26 heavy (non-hydrogen) atoms. The molecule has 1 amide bonds. The Morgan fingerprint density at radius 3 is 2.73 bits per heavy atom. The number of nitrogens with zero attached hydrogens (tertiary/aromatic N) is 1. The molecular formula is C20H19FN2O3. The zero-order valence-electron chi connectivity index (χ0n) is 14.8. The average Bonchev–Trinajstić information content (AvgIpc) is 2.98. The van der Waals surface area contributed by atoms with Gasteiger partial charge in [0.2, 0.25) is 0 Å². The summed E-state index contributed by atoms with van der Waals surface area (Å²) < 4.78 is 24.3. The zero-order valence-corrected chi connectivity index (χ0v) is 14.8. The molecule has 0 aliphatic carbocycles. The van der Waals surface area contributed by atoms with Gasteiger partial charge in [-0.2, -0.15) is 0 Å². The van der Waals surface area contributed by atoms with Gasteiger partial charge in [-0.25, -0.2) is 4.39 Å². The van der Waals surface area contributed by atoms with Gasteiger partial charge in [0.05, 0.1) is 5.56 Å². The molecule has 0 aliphatic rings. The predicted molar refractivity (Wildman–Crippen MR) is 95.8 cm³/mol. The summed E-state index contributed by atoms with van der Waals surface area (Å²) in [6.07, 6.45) is 0. The number of nitrogens with one attached hydrogen (secondary N) is 1. The van der Waals surface area contributed by atoms with E-state index in [0.717, 1.165) is 11.1 Å². The van der Waals surface area contributed by atoms with E-state index in [4.69, 9.17) is 9.26 Å². The van der Waals surface area contributed by atoms with Crippen LogP contribution in [0, 0.1) is 26.6 Å². The third kappa shape index (κ3) is 3.74. The van der Waals surface area contributed by atoms with E-state index in [-0.39, 0.29) is 18.1 Å². The molecule has 6 heteroatoms. The number of ether oxygens (including phenoxy) is 1. The van der Waals surface area contributed by atoms with Crippen LogP contribution in [0.3, 0.4) is 0 Å². The Labute approximate surface area is 150 Å². The average molecular weight is 354 g/mol. The molecule has 5 nitrogen and oxygen atoms in total. The lowest BCUT2D eigenvalue weighted by Gasteiger charge is -2.10. The van der Waals surface area contributed by atoms with Crippen LogP contribution in [0.2, 0.25) is 0 Å². The Hall–Kier alpha value is -3.15. The number of anilines is 1. The van der Waals surface area contributed by atoms with Crippen LogP contribution < -0.4 is 10.1 Å². The predicted octanol–water partition coefficient (Wildman–Crippen LogP) is 4.57. The highest BCUT2D eigenvalue weighted by molar-refractivity contribution is 6.04. The largest absolute Gasteiger partial charge is 0.486 e. The van der Waals surface area contributed by atoms with Crippen LogP contribution >= 0.6 is 0 Å². The second kappa shape index (κ2) is 7.39. The van der Waals surface area contributed by atoms with E-state index >= 15 is 0 Å². The quantitative estimate of drug-likeness (QED) is 0.729. The molecule has 3 rings (SSSR count). The van der Waals surface area contributed by atoms with Crippen LogP contribution in [0.25, 0.3) is 0 Å². The van der Waals surface area contributed by atoms with Gasteiger partial charge < -0.3 is 14.6 Å². The Bertz CT molecular complexity index is 950. The number of para-hydroxylation sites is 1. The monoisotopic (exact) mass is 354 g/mol. The number of halogens is 1. The van der Waals surface area contributed by atoms with Crippen molar-refractivity contribution in [2.45, 2.75) is 27.4 Å². The molecule has 1 N–H and O–H groups in total. The van der Waals surface area contributed by atoms with Gasteiger partial charge >= 0.3 is 0 Å². The molecule has 0 saturated carbocycles. The summed E-state index contributed by atoms with van der Waals surface area (Å²) >= 11 is 0. The molecule has 0 unspecified atom stereocenters. The molecule has 1 heterocycles. The van der Waals surface area contributed by atoms with Crippen LogP contribution in [0.4, 0.5) is 10.1 Å². The molecule has 0 fully saturated rings. The van der Waals surface area contributed by atoms with Gasteiger partial charge in [0, 0.05) is 5.69 Å². The van der Waals surface area contributed by atoms with E-state index in [9.17, 15) is 9.18 Å². The summed E-state index contributed by atoms with van der Waals surface area (Å²) in [6, 6.07) is 11.9. The molecule has 0 bridgehead atoms. The first-order valence-corrected chi connectivity index (χ1v) is 8.17. The molecular weight excluding hydrogens is 335 g/mol. The third-order valence-corrected chi connectivity index (χ3v) is 4.05. The summed E-state index contributed by atoms with van der Waals surface area (Å²) in [7, 11) is 0. The number of hydrogen-bond donors (Lipinski definition) is 1.